The molecule has 1 atom stereocenters. The first-order valence-corrected chi connectivity index (χ1v) is 7.62. The molecule has 1 aliphatic rings. The fourth-order valence-corrected chi connectivity index (χ4v) is 2.99. The number of ether oxygens (including phenoxy) is 1. The summed E-state index contributed by atoms with van der Waals surface area (Å²) in [7, 11) is 1.67. The van der Waals surface area contributed by atoms with E-state index in [1.54, 1.807) is 7.11 Å². The van der Waals surface area contributed by atoms with Crippen LogP contribution in [0.25, 0.3) is 0 Å². The molecule has 3 nitrogen and oxygen atoms in total. The smallest absolute Gasteiger partial charge is 0.124 e. The summed E-state index contributed by atoms with van der Waals surface area (Å²) in [4.78, 5) is 0. The Balaban J connectivity index is 2.33. The van der Waals surface area contributed by atoms with Crippen molar-refractivity contribution in [1.82, 2.24) is 5.43 Å². The number of hydrogen-bond donors (Lipinski definition) is 2. The predicted octanol–water partition coefficient (Wildman–Crippen LogP) is 4.13. The maximum atomic E-state index is 6.13. The van der Waals surface area contributed by atoms with Gasteiger partial charge in [0.15, 0.2) is 0 Å². The molecular formula is C16H23ClN2O. The van der Waals surface area contributed by atoms with Crippen molar-refractivity contribution in [2.45, 2.75) is 44.6 Å². The zero-order valence-electron chi connectivity index (χ0n) is 12.0. The summed E-state index contributed by atoms with van der Waals surface area (Å²) >= 11 is 6.13. The first-order valence-electron chi connectivity index (χ1n) is 7.24. The average molecular weight is 295 g/mol. The maximum Gasteiger partial charge on any atom is 0.124 e. The Morgan fingerprint density at radius 3 is 2.80 bits per heavy atom. The van der Waals surface area contributed by atoms with Crippen molar-refractivity contribution in [3.05, 3.63) is 40.4 Å². The van der Waals surface area contributed by atoms with E-state index in [1.165, 1.54) is 31.3 Å². The van der Waals surface area contributed by atoms with Gasteiger partial charge in [-0.1, -0.05) is 36.1 Å². The molecule has 0 heterocycles. The summed E-state index contributed by atoms with van der Waals surface area (Å²) in [5, 5.41) is 0.701. The van der Waals surface area contributed by atoms with Gasteiger partial charge >= 0.3 is 0 Å². The fourth-order valence-electron chi connectivity index (χ4n) is 2.81. The second-order valence-electron chi connectivity index (χ2n) is 5.22. The molecule has 3 N–H and O–H groups in total. The number of nitrogens with two attached hydrogens (primary N) is 1. The van der Waals surface area contributed by atoms with E-state index < -0.39 is 0 Å². The maximum absolute atomic E-state index is 6.13. The number of methoxy groups -OCH3 is 1. The molecule has 0 bridgehead atoms. The summed E-state index contributed by atoms with van der Waals surface area (Å²) in [6, 6.07) is 5.64. The Labute approximate surface area is 126 Å². The minimum absolute atomic E-state index is 0.0262. The van der Waals surface area contributed by atoms with E-state index in [0.29, 0.717) is 5.02 Å². The standard InChI is InChI=1S/C16H23ClN2O/c1-20-15-10-9-13(17)11-14(15)16(19-18)12-7-5-3-2-4-6-8-12/h7,9-11,16,19H,2-6,8,18H2,1H3/b12-7+. The number of hydrazine groups is 1. The van der Waals surface area contributed by atoms with Crippen molar-refractivity contribution < 1.29 is 4.74 Å². The number of nitrogens with one attached hydrogen (secondary N) is 1. The second-order valence-corrected chi connectivity index (χ2v) is 5.65. The second kappa shape index (κ2) is 7.67. The summed E-state index contributed by atoms with van der Waals surface area (Å²) in [6.07, 6.45) is 9.61. The third kappa shape index (κ3) is 3.75. The molecule has 2 rings (SSSR count). The molecule has 0 amide bonds. The number of benzene rings is 1. The molecule has 0 saturated carbocycles. The van der Waals surface area contributed by atoms with E-state index in [2.05, 4.69) is 11.5 Å². The largest absolute Gasteiger partial charge is 0.496 e. The molecule has 4 heteroatoms. The first-order chi connectivity index (χ1) is 9.76. The molecular weight excluding hydrogens is 272 g/mol. The Kier molecular flexibility index (Phi) is 5.89. The van der Waals surface area contributed by atoms with Crippen LogP contribution in [-0.4, -0.2) is 7.11 Å². The van der Waals surface area contributed by atoms with Gasteiger partial charge in [0.2, 0.25) is 0 Å². The van der Waals surface area contributed by atoms with E-state index in [4.69, 9.17) is 22.2 Å². The number of allylic oxidation sites excluding steroid dienone is 1. The Morgan fingerprint density at radius 1 is 1.25 bits per heavy atom. The molecule has 1 aliphatic carbocycles. The van der Waals surface area contributed by atoms with Crippen molar-refractivity contribution in [2.24, 2.45) is 5.84 Å². The molecule has 0 aromatic heterocycles. The highest BCUT2D eigenvalue weighted by Gasteiger charge is 2.20. The molecule has 1 aromatic rings. The quantitative estimate of drug-likeness (QED) is 0.498. The zero-order valence-corrected chi connectivity index (χ0v) is 12.7. The van der Waals surface area contributed by atoms with Crippen molar-refractivity contribution in [1.29, 1.82) is 0 Å². The first kappa shape index (κ1) is 15.4. The van der Waals surface area contributed by atoms with E-state index in [9.17, 15) is 0 Å². The average Bonchev–Trinajstić information content (AvgIpc) is 2.42. The lowest BCUT2D eigenvalue weighted by molar-refractivity contribution is 0.402. The summed E-state index contributed by atoms with van der Waals surface area (Å²) < 4.78 is 5.45. The van der Waals surface area contributed by atoms with Crippen LogP contribution in [0, 0.1) is 0 Å². The minimum Gasteiger partial charge on any atom is -0.496 e. The molecule has 0 aliphatic heterocycles. The van der Waals surface area contributed by atoms with Gasteiger partial charge in [-0.2, -0.15) is 0 Å². The van der Waals surface area contributed by atoms with Gasteiger partial charge in [0.05, 0.1) is 13.2 Å². The van der Waals surface area contributed by atoms with Crippen LogP contribution < -0.4 is 16.0 Å². The van der Waals surface area contributed by atoms with Crippen LogP contribution in [0.5, 0.6) is 5.75 Å². The van der Waals surface area contributed by atoms with Gasteiger partial charge in [0.1, 0.15) is 5.75 Å². The van der Waals surface area contributed by atoms with Crippen LogP contribution in [0.15, 0.2) is 29.8 Å². The van der Waals surface area contributed by atoms with Gasteiger partial charge in [-0.3, -0.25) is 5.84 Å². The third-order valence-electron chi connectivity index (χ3n) is 3.87. The normalized spacial score (nSPS) is 20.4. The van der Waals surface area contributed by atoms with Crippen molar-refractivity contribution in [2.75, 3.05) is 7.11 Å². The van der Waals surface area contributed by atoms with Gasteiger partial charge < -0.3 is 4.74 Å². The van der Waals surface area contributed by atoms with Crippen LogP contribution in [0.3, 0.4) is 0 Å². The van der Waals surface area contributed by atoms with Gasteiger partial charge in [-0.25, -0.2) is 5.43 Å². The minimum atomic E-state index is -0.0262. The van der Waals surface area contributed by atoms with E-state index in [-0.39, 0.29) is 6.04 Å². The highest BCUT2D eigenvalue weighted by Crippen LogP contribution is 2.34. The van der Waals surface area contributed by atoms with Crippen molar-refractivity contribution in [3.63, 3.8) is 0 Å². The van der Waals surface area contributed by atoms with Crippen LogP contribution in [0.2, 0.25) is 5.02 Å². The molecule has 0 saturated heterocycles. The van der Waals surface area contributed by atoms with E-state index >= 15 is 0 Å². The van der Waals surface area contributed by atoms with Crippen molar-refractivity contribution in [3.8, 4) is 5.75 Å². The highest BCUT2D eigenvalue weighted by molar-refractivity contribution is 6.30. The SMILES string of the molecule is COc1ccc(Cl)cc1C(NN)/C1=C/CCCCCC1. The molecule has 110 valence electrons. The molecule has 0 radical (unpaired) electrons. The van der Waals surface area contributed by atoms with E-state index in [0.717, 1.165) is 24.2 Å². The third-order valence-corrected chi connectivity index (χ3v) is 4.10. The Hall–Kier alpha value is -1.03. The molecule has 1 aromatic carbocycles. The topological polar surface area (TPSA) is 47.3 Å². The lowest BCUT2D eigenvalue weighted by Gasteiger charge is -2.24. The van der Waals surface area contributed by atoms with Crippen LogP contribution in [0.1, 0.15) is 50.1 Å². The number of hydrogen-bond acceptors (Lipinski definition) is 3. The van der Waals surface area contributed by atoms with Gasteiger partial charge in [-0.15, -0.1) is 0 Å². The fraction of sp³-hybridized carbons (Fsp3) is 0.500. The van der Waals surface area contributed by atoms with Crippen LogP contribution >= 0.6 is 11.6 Å². The molecule has 0 fully saturated rings. The van der Waals surface area contributed by atoms with Crippen molar-refractivity contribution >= 4 is 11.6 Å². The van der Waals surface area contributed by atoms with Crippen LogP contribution in [0.4, 0.5) is 0 Å². The number of halogens is 1. The van der Waals surface area contributed by atoms with Gasteiger partial charge in [0, 0.05) is 10.6 Å². The summed E-state index contributed by atoms with van der Waals surface area (Å²) in [5.74, 6) is 6.63. The summed E-state index contributed by atoms with van der Waals surface area (Å²) in [5.41, 5.74) is 5.28. The summed E-state index contributed by atoms with van der Waals surface area (Å²) in [6.45, 7) is 0. The lowest BCUT2D eigenvalue weighted by Crippen LogP contribution is -2.30. The molecule has 0 spiro atoms. The zero-order chi connectivity index (χ0) is 14.4. The Bertz CT molecular complexity index is 474. The predicted molar refractivity (Wildman–Crippen MR) is 83.9 cm³/mol. The van der Waals surface area contributed by atoms with Gasteiger partial charge in [0.25, 0.3) is 0 Å². The van der Waals surface area contributed by atoms with Crippen LogP contribution in [-0.2, 0) is 0 Å². The van der Waals surface area contributed by atoms with E-state index in [1.807, 2.05) is 18.2 Å². The monoisotopic (exact) mass is 294 g/mol. The molecule has 1 unspecified atom stereocenters. The highest BCUT2D eigenvalue weighted by atomic mass is 35.5. The molecule has 20 heavy (non-hydrogen) atoms. The van der Waals surface area contributed by atoms with Gasteiger partial charge in [-0.05, 0) is 43.9 Å². The lowest BCUT2D eigenvalue weighted by atomic mass is 9.91. The number of rotatable bonds is 4. The Morgan fingerprint density at radius 2 is 2.05 bits per heavy atom.